The average Bonchev–Trinajstić information content (AvgIpc) is 2.51. The number of nitrogens with one attached hydrogen (secondary N) is 1. The predicted molar refractivity (Wildman–Crippen MR) is 87.7 cm³/mol. The summed E-state index contributed by atoms with van der Waals surface area (Å²) in [7, 11) is 0. The van der Waals surface area contributed by atoms with Gasteiger partial charge in [-0.2, -0.15) is 0 Å². The Morgan fingerprint density at radius 2 is 2.09 bits per heavy atom. The third kappa shape index (κ3) is 4.92. The number of urea groups is 1. The highest BCUT2D eigenvalue weighted by molar-refractivity contribution is 9.10. The van der Waals surface area contributed by atoms with Gasteiger partial charge >= 0.3 is 12.0 Å². The van der Waals surface area contributed by atoms with Crippen LogP contribution in [0.15, 0.2) is 22.7 Å². The van der Waals surface area contributed by atoms with Gasteiger partial charge < -0.3 is 15.3 Å². The lowest BCUT2D eigenvalue weighted by Gasteiger charge is -2.31. The van der Waals surface area contributed by atoms with Gasteiger partial charge in [0.05, 0.1) is 10.4 Å². The molecule has 1 aromatic rings. The van der Waals surface area contributed by atoms with Crippen molar-refractivity contribution >= 4 is 27.9 Å². The van der Waals surface area contributed by atoms with E-state index in [1.165, 1.54) is 6.07 Å². The molecule has 1 atom stereocenters. The Hall–Kier alpha value is -1.63. The first-order chi connectivity index (χ1) is 10.9. The predicted octanol–water partition coefficient (Wildman–Crippen LogP) is 3.03. The number of carboxylic acids is 1. The normalized spacial score (nSPS) is 16.9. The second-order valence-corrected chi connectivity index (χ2v) is 6.76. The molecule has 1 unspecified atom stereocenters. The lowest BCUT2D eigenvalue weighted by atomic mass is 9.97. The fourth-order valence-corrected chi connectivity index (χ4v) is 3.13. The van der Waals surface area contributed by atoms with Crippen LogP contribution in [0.2, 0.25) is 0 Å². The van der Waals surface area contributed by atoms with Gasteiger partial charge in [-0.3, -0.25) is 4.79 Å². The lowest BCUT2D eigenvalue weighted by molar-refractivity contribution is -0.143. The Balaban J connectivity index is 1.83. The van der Waals surface area contributed by atoms with E-state index in [-0.39, 0.29) is 23.8 Å². The summed E-state index contributed by atoms with van der Waals surface area (Å²) in [6, 6.07) is 4.52. The molecular formula is C16H20BrFN2O3. The van der Waals surface area contributed by atoms with Crippen LogP contribution in [0.3, 0.4) is 0 Å². The number of carbonyl (C=O) groups is 2. The SMILES string of the molecule is CC(Cc1ccc(F)c(Br)c1)NC(=O)N1CCC(C(=O)O)CC1. The number of nitrogens with zero attached hydrogens (tertiary/aromatic N) is 1. The maximum atomic E-state index is 13.2. The van der Waals surface area contributed by atoms with E-state index >= 15 is 0 Å². The number of benzene rings is 1. The topological polar surface area (TPSA) is 69.6 Å². The van der Waals surface area contributed by atoms with Gasteiger partial charge in [-0.25, -0.2) is 9.18 Å². The number of carboxylic acid groups (broad SMARTS) is 1. The number of likely N-dealkylation sites (tertiary alicyclic amines) is 1. The first-order valence-corrected chi connectivity index (χ1v) is 8.38. The van der Waals surface area contributed by atoms with Crippen molar-refractivity contribution in [1.82, 2.24) is 10.2 Å². The summed E-state index contributed by atoms with van der Waals surface area (Å²) >= 11 is 3.15. The molecule has 126 valence electrons. The van der Waals surface area contributed by atoms with E-state index < -0.39 is 5.97 Å². The van der Waals surface area contributed by atoms with Crippen molar-refractivity contribution in [1.29, 1.82) is 0 Å². The van der Waals surface area contributed by atoms with Crippen LogP contribution in [0.4, 0.5) is 9.18 Å². The zero-order valence-corrected chi connectivity index (χ0v) is 14.5. The van der Waals surface area contributed by atoms with Gasteiger partial charge in [0, 0.05) is 19.1 Å². The Kier molecular flexibility index (Phi) is 5.98. The molecule has 1 fully saturated rings. The maximum Gasteiger partial charge on any atom is 0.317 e. The number of aliphatic carboxylic acids is 1. The smallest absolute Gasteiger partial charge is 0.317 e. The number of carbonyl (C=O) groups excluding carboxylic acids is 1. The summed E-state index contributed by atoms with van der Waals surface area (Å²) in [6.45, 7) is 2.80. The first-order valence-electron chi connectivity index (χ1n) is 7.59. The molecule has 0 spiro atoms. The molecule has 0 radical (unpaired) electrons. The molecule has 5 nitrogen and oxygen atoms in total. The highest BCUT2D eigenvalue weighted by Crippen LogP contribution is 2.19. The third-order valence-electron chi connectivity index (χ3n) is 4.03. The fraction of sp³-hybridized carbons (Fsp3) is 0.500. The van der Waals surface area contributed by atoms with Crippen molar-refractivity contribution in [2.75, 3.05) is 13.1 Å². The second-order valence-electron chi connectivity index (χ2n) is 5.90. The zero-order chi connectivity index (χ0) is 17.0. The molecule has 2 amide bonds. The van der Waals surface area contributed by atoms with E-state index in [4.69, 9.17) is 5.11 Å². The van der Waals surface area contributed by atoms with Crippen LogP contribution in [0.1, 0.15) is 25.3 Å². The van der Waals surface area contributed by atoms with E-state index in [1.54, 1.807) is 17.0 Å². The molecule has 7 heteroatoms. The molecule has 1 aliphatic heterocycles. The molecule has 0 saturated carbocycles. The van der Waals surface area contributed by atoms with Crippen molar-refractivity contribution in [2.45, 2.75) is 32.2 Å². The van der Waals surface area contributed by atoms with Crippen LogP contribution in [0.25, 0.3) is 0 Å². The summed E-state index contributed by atoms with van der Waals surface area (Å²) < 4.78 is 13.6. The first kappa shape index (κ1) is 17.7. The van der Waals surface area contributed by atoms with Crippen LogP contribution in [-0.2, 0) is 11.2 Å². The molecule has 1 aromatic carbocycles. The monoisotopic (exact) mass is 386 g/mol. The number of halogens is 2. The van der Waals surface area contributed by atoms with Crippen molar-refractivity contribution < 1.29 is 19.1 Å². The largest absolute Gasteiger partial charge is 0.481 e. The van der Waals surface area contributed by atoms with E-state index in [2.05, 4.69) is 21.2 Å². The molecule has 0 bridgehead atoms. The number of rotatable bonds is 4. The maximum absolute atomic E-state index is 13.2. The van der Waals surface area contributed by atoms with Gasteiger partial charge in [0.2, 0.25) is 0 Å². The summed E-state index contributed by atoms with van der Waals surface area (Å²) in [5, 5.41) is 11.9. The molecule has 0 aliphatic carbocycles. The van der Waals surface area contributed by atoms with E-state index in [9.17, 15) is 14.0 Å². The number of hydrogen-bond donors (Lipinski definition) is 2. The Bertz CT molecular complexity index is 589. The molecule has 2 N–H and O–H groups in total. The van der Waals surface area contributed by atoms with Crippen molar-refractivity contribution in [2.24, 2.45) is 5.92 Å². The number of amides is 2. The highest BCUT2D eigenvalue weighted by atomic mass is 79.9. The van der Waals surface area contributed by atoms with Crippen molar-refractivity contribution in [3.63, 3.8) is 0 Å². The Morgan fingerprint density at radius 1 is 1.43 bits per heavy atom. The van der Waals surface area contributed by atoms with Gasteiger partial charge in [-0.1, -0.05) is 6.07 Å². The van der Waals surface area contributed by atoms with Gasteiger partial charge in [0.25, 0.3) is 0 Å². The van der Waals surface area contributed by atoms with Crippen molar-refractivity contribution in [3.05, 3.63) is 34.1 Å². The van der Waals surface area contributed by atoms with E-state index in [0.717, 1.165) is 5.56 Å². The quantitative estimate of drug-likeness (QED) is 0.835. The summed E-state index contributed by atoms with van der Waals surface area (Å²) in [6.07, 6.45) is 1.57. The molecule has 1 aliphatic rings. The van der Waals surface area contributed by atoms with Gasteiger partial charge in [0.1, 0.15) is 5.82 Å². The average molecular weight is 387 g/mol. The van der Waals surface area contributed by atoms with Gasteiger partial charge in [0.15, 0.2) is 0 Å². The number of piperidine rings is 1. The van der Waals surface area contributed by atoms with Gasteiger partial charge in [-0.15, -0.1) is 0 Å². The molecule has 0 aromatic heterocycles. The standard InChI is InChI=1S/C16H20BrFN2O3/c1-10(8-11-2-3-14(18)13(17)9-11)19-16(23)20-6-4-12(5-7-20)15(21)22/h2-3,9-10,12H,4-8H2,1H3,(H,19,23)(H,21,22). The highest BCUT2D eigenvalue weighted by Gasteiger charge is 2.27. The van der Waals surface area contributed by atoms with Gasteiger partial charge in [-0.05, 0) is 59.8 Å². The molecule has 1 saturated heterocycles. The van der Waals surface area contributed by atoms with E-state index in [1.807, 2.05) is 6.92 Å². The second kappa shape index (κ2) is 7.77. The van der Waals surface area contributed by atoms with Crippen LogP contribution in [-0.4, -0.2) is 41.1 Å². The fourth-order valence-electron chi connectivity index (χ4n) is 2.70. The minimum Gasteiger partial charge on any atom is -0.481 e. The molecule has 2 rings (SSSR count). The van der Waals surface area contributed by atoms with Crippen molar-refractivity contribution in [3.8, 4) is 0 Å². The zero-order valence-electron chi connectivity index (χ0n) is 12.9. The molecule has 23 heavy (non-hydrogen) atoms. The Labute approximate surface area is 143 Å². The summed E-state index contributed by atoms with van der Waals surface area (Å²) in [5.74, 6) is -1.46. The summed E-state index contributed by atoms with van der Waals surface area (Å²) in [5.41, 5.74) is 0.927. The lowest BCUT2D eigenvalue weighted by Crippen LogP contribution is -2.48. The minimum atomic E-state index is -0.791. The van der Waals surface area contributed by atoms with Crippen LogP contribution in [0.5, 0.6) is 0 Å². The van der Waals surface area contributed by atoms with Crippen LogP contribution >= 0.6 is 15.9 Å². The molecular weight excluding hydrogens is 367 g/mol. The molecule has 1 heterocycles. The summed E-state index contributed by atoms with van der Waals surface area (Å²) in [4.78, 5) is 24.8. The number of hydrogen-bond acceptors (Lipinski definition) is 2. The van der Waals surface area contributed by atoms with Crippen LogP contribution in [0, 0.1) is 11.7 Å². The minimum absolute atomic E-state index is 0.0999. The third-order valence-corrected chi connectivity index (χ3v) is 4.63. The van der Waals surface area contributed by atoms with E-state index in [0.29, 0.717) is 36.8 Å². The Morgan fingerprint density at radius 3 is 2.65 bits per heavy atom. The van der Waals surface area contributed by atoms with Crippen LogP contribution < -0.4 is 5.32 Å².